The molecule has 0 bridgehead atoms. The summed E-state index contributed by atoms with van der Waals surface area (Å²) in [7, 11) is -4.33. The number of carbonyl (C=O) groups is 2. The lowest BCUT2D eigenvalue weighted by atomic mass is 10.3. The zero-order valence-corrected chi connectivity index (χ0v) is 11.6. The van der Waals surface area contributed by atoms with Gasteiger partial charge in [0, 0.05) is 19.2 Å². The number of aliphatic hydroxyl groups excluding tert-OH is 1. The third kappa shape index (κ3) is 4.77. The van der Waals surface area contributed by atoms with Crippen molar-refractivity contribution in [3.63, 3.8) is 0 Å². The zero-order chi connectivity index (χ0) is 16.2. The van der Waals surface area contributed by atoms with Crippen LogP contribution < -0.4 is 10.0 Å². The Hall–Kier alpha value is -2.04. The Morgan fingerprint density at radius 1 is 1.38 bits per heavy atom. The summed E-state index contributed by atoms with van der Waals surface area (Å²) in [6, 6.07) is 2.90. The number of nitrogens with one attached hydrogen (secondary N) is 2. The van der Waals surface area contributed by atoms with E-state index in [0.29, 0.717) is 0 Å². The van der Waals surface area contributed by atoms with Crippen LogP contribution in [0.4, 0.5) is 10.1 Å². The number of aliphatic carboxylic acids is 1. The summed E-state index contributed by atoms with van der Waals surface area (Å²) in [5.41, 5.74) is 0.0736. The van der Waals surface area contributed by atoms with Crippen molar-refractivity contribution in [2.24, 2.45) is 0 Å². The second kappa shape index (κ2) is 6.61. The average Bonchev–Trinajstić information content (AvgIpc) is 2.34. The molecule has 4 N–H and O–H groups in total. The van der Waals surface area contributed by atoms with Crippen molar-refractivity contribution in [3.05, 3.63) is 24.0 Å². The van der Waals surface area contributed by atoms with Crippen LogP contribution in [0, 0.1) is 5.82 Å². The van der Waals surface area contributed by atoms with Gasteiger partial charge in [0.25, 0.3) is 0 Å². The largest absolute Gasteiger partial charge is 0.479 e. The molecule has 8 nitrogen and oxygen atoms in total. The first-order valence-electron chi connectivity index (χ1n) is 5.61. The molecule has 0 aromatic heterocycles. The lowest BCUT2D eigenvalue weighted by Gasteiger charge is -2.10. The van der Waals surface area contributed by atoms with E-state index in [2.05, 4.69) is 5.32 Å². The lowest BCUT2D eigenvalue weighted by Crippen LogP contribution is -2.36. The SMILES string of the molecule is CC(=O)Nc1ccc(S(=O)(=O)NC[C@H](O)C(=O)O)c(F)c1. The van der Waals surface area contributed by atoms with Crippen LogP contribution in [0.25, 0.3) is 0 Å². The van der Waals surface area contributed by atoms with Crippen LogP contribution in [0.15, 0.2) is 23.1 Å². The van der Waals surface area contributed by atoms with Gasteiger partial charge < -0.3 is 15.5 Å². The van der Waals surface area contributed by atoms with Crippen LogP contribution in [0.5, 0.6) is 0 Å². The summed E-state index contributed by atoms with van der Waals surface area (Å²) < 4.78 is 39.0. The fraction of sp³-hybridized carbons (Fsp3) is 0.273. The summed E-state index contributed by atoms with van der Waals surface area (Å²) in [5.74, 6) is -3.19. The molecule has 1 aromatic rings. The zero-order valence-electron chi connectivity index (χ0n) is 10.8. The molecule has 1 amide bonds. The van der Waals surface area contributed by atoms with Gasteiger partial charge in [-0.25, -0.2) is 22.3 Å². The number of amides is 1. The fourth-order valence-corrected chi connectivity index (χ4v) is 2.45. The second-order valence-corrected chi connectivity index (χ2v) is 5.77. The Balaban J connectivity index is 2.93. The van der Waals surface area contributed by atoms with E-state index in [1.54, 1.807) is 4.72 Å². The normalized spacial score (nSPS) is 12.7. The molecule has 1 rings (SSSR count). The van der Waals surface area contributed by atoms with Crippen molar-refractivity contribution in [1.82, 2.24) is 4.72 Å². The van der Waals surface area contributed by atoms with Crippen molar-refractivity contribution >= 4 is 27.6 Å². The van der Waals surface area contributed by atoms with Crippen LogP contribution in [-0.4, -0.2) is 43.2 Å². The Morgan fingerprint density at radius 3 is 2.48 bits per heavy atom. The van der Waals surface area contributed by atoms with Gasteiger partial charge in [-0.1, -0.05) is 0 Å². The smallest absolute Gasteiger partial charge is 0.333 e. The van der Waals surface area contributed by atoms with Gasteiger partial charge in [-0.2, -0.15) is 0 Å². The number of halogens is 1. The van der Waals surface area contributed by atoms with E-state index in [1.165, 1.54) is 13.0 Å². The van der Waals surface area contributed by atoms with E-state index in [0.717, 1.165) is 12.1 Å². The van der Waals surface area contributed by atoms with Crippen LogP contribution in [0.3, 0.4) is 0 Å². The van der Waals surface area contributed by atoms with Crippen LogP contribution in [0.1, 0.15) is 6.92 Å². The number of hydrogen-bond donors (Lipinski definition) is 4. The molecule has 0 heterocycles. The van der Waals surface area contributed by atoms with Crippen molar-refractivity contribution < 1.29 is 32.6 Å². The van der Waals surface area contributed by atoms with Crippen molar-refractivity contribution in [1.29, 1.82) is 0 Å². The number of carbonyl (C=O) groups excluding carboxylic acids is 1. The minimum atomic E-state index is -4.33. The molecule has 21 heavy (non-hydrogen) atoms. The molecule has 0 radical (unpaired) electrons. The summed E-state index contributed by atoms with van der Waals surface area (Å²) in [6.07, 6.45) is -1.94. The van der Waals surface area contributed by atoms with Crippen LogP contribution >= 0.6 is 0 Å². The Morgan fingerprint density at radius 2 is 2.00 bits per heavy atom. The average molecular weight is 320 g/mol. The number of hydrogen-bond acceptors (Lipinski definition) is 5. The molecular weight excluding hydrogens is 307 g/mol. The molecule has 0 aliphatic heterocycles. The first-order valence-corrected chi connectivity index (χ1v) is 7.09. The molecule has 10 heteroatoms. The highest BCUT2D eigenvalue weighted by molar-refractivity contribution is 7.89. The third-order valence-corrected chi connectivity index (χ3v) is 3.75. The summed E-state index contributed by atoms with van der Waals surface area (Å²) in [6.45, 7) is 0.405. The standard InChI is InChI=1S/C11H13FN2O6S/c1-6(15)14-7-2-3-10(8(12)4-7)21(19,20)13-5-9(16)11(17)18/h2-4,9,13,16H,5H2,1H3,(H,14,15)(H,17,18)/t9-/m0/s1. The molecule has 0 aliphatic carbocycles. The minimum Gasteiger partial charge on any atom is -0.479 e. The number of anilines is 1. The highest BCUT2D eigenvalue weighted by Crippen LogP contribution is 2.18. The van der Waals surface area contributed by atoms with Gasteiger partial charge in [-0.05, 0) is 18.2 Å². The lowest BCUT2D eigenvalue weighted by molar-refractivity contribution is -0.146. The summed E-state index contributed by atoms with van der Waals surface area (Å²) >= 11 is 0. The Labute approximate surface area is 119 Å². The Kier molecular flexibility index (Phi) is 5.35. The topological polar surface area (TPSA) is 133 Å². The van der Waals surface area contributed by atoms with E-state index < -0.39 is 45.3 Å². The molecule has 116 valence electrons. The summed E-state index contributed by atoms with van der Waals surface area (Å²) in [5, 5.41) is 19.7. The highest BCUT2D eigenvalue weighted by atomic mass is 32.2. The molecule has 0 saturated heterocycles. The minimum absolute atomic E-state index is 0.0736. The maximum absolute atomic E-state index is 13.7. The van der Waals surface area contributed by atoms with E-state index >= 15 is 0 Å². The first kappa shape index (κ1) is 17.0. The van der Waals surface area contributed by atoms with Gasteiger partial charge >= 0.3 is 5.97 Å². The molecular formula is C11H13FN2O6S. The van der Waals surface area contributed by atoms with Gasteiger partial charge in [0.05, 0.1) is 0 Å². The molecule has 0 fully saturated rings. The van der Waals surface area contributed by atoms with Crippen molar-refractivity contribution in [3.8, 4) is 0 Å². The van der Waals surface area contributed by atoms with E-state index in [-0.39, 0.29) is 5.69 Å². The summed E-state index contributed by atoms with van der Waals surface area (Å²) in [4.78, 5) is 20.4. The van der Waals surface area contributed by atoms with Crippen molar-refractivity contribution in [2.45, 2.75) is 17.9 Å². The first-order chi connectivity index (χ1) is 9.63. The maximum Gasteiger partial charge on any atom is 0.333 e. The maximum atomic E-state index is 13.7. The molecule has 0 saturated carbocycles. The Bertz CT molecular complexity index is 661. The van der Waals surface area contributed by atoms with Crippen molar-refractivity contribution in [2.75, 3.05) is 11.9 Å². The van der Waals surface area contributed by atoms with Gasteiger partial charge in [0.15, 0.2) is 6.10 Å². The number of rotatable bonds is 6. The fourth-order valence-electron chi connectivity index (χ4n) is 1.35. The predicted octanol–water partition coefficient (Wildman–Crippen LogP) is -0.492. The number of carboxylic acids is 1. The van der Waals surface area contributed by atoms with Gasteiger partial charge in [0.1, 0.15) is 10.7 Å². The van der Waals surface area contributed by atoms with E-state index in [1.807, 2.05) is 0 Å². The molecule has 1 atom stereocenters. The predicted molar refractivity (Wildman–Crippen MR) is 69.5 cm³/mol. The monoisotopic (exact) mass is 320 g/mol. The second-order valence-electron chi connectivity index (χ2n) is 4.03. The number of benzene rings is 1. The number of sulfonamides is 1. The molecule has 1 aromatic carbocycles. The quantitative estimate of drug-likeness (QED) is 0.559. The molecule has 0 spiro atoms. The molecule has 0 aliphatic rings. The third-order valence-electron chi connectivity index (χ3n) is 2.29. The van der Waals surface area contributed by atoms with E-state index in [9.17, 15) is 22.4 Å². The number of aliphatic hydroxyl groups is 1. The van der Waals surface area contributed by atoms with Crippen LogP contribution in [-0.2, 0) is 19.6 Å². The number of carboxylic acid groups (broad SMARTS) is 1. The van der Waals surface area contributed by atoms with Gasteiger partial charge in [-0.3, -0.25) is 4.79 Å². The van der Waals surface area contributed by atoms with Gasteiger partial charge in [0.2, 0.25) is 15.9 Å². The highest BCUT2D eigenvalue weighted by Gasteiger charge is 2.22. The van der Waals surface area contributed by atoms with Gasteiger partial charge in [-0.15, -0.1) is 0 Å². The van der Waals surface area contributed by atoms with Crippen LogP contribution in [0.2, 0.25) is 0 Å². The van der Waals surface area contributed by atoms with E-state index in [4.69, 9.17) is 10.2 Å². The molecule has 0 unspecified atom stereocenters.